The lowest BCUT2D eigenvalue weighted by Gasteiger charge is -2.17. The van der Waals surface area contributed by atoms with Crippen molar-refractivity contribution in [2.45, 2.75) is 26.3 Å². The molecule has 0 aliphatic carbocycles. The molecule has 1 aromatic rings. The zero-order chi connectivity index (χ0) is 14.4. The highest BCUT2D eigenvalue weighted by Crippen LogP contribution is 2.12. The number of carbonyl (C=O) groups is 2. The summed E-state index contributed by atoms with van der Waals surface area (Å²) in [4.78, 5) is 23.1. The van der Waals surface area contributed by atoms with Crippen LogP contribution in [-0.2, 0) is 9.53 Å². The summed E-state index contributed by atoms with van der Waals surface area (Å²) in [5.74, 6) is -0.510. The van der Waals surface area contributed by atoms with Gasteiger partial charge in [-0.15, -0.1) is 0 Å². The predicted octanol–water partition coefficient (Wildman–Crippen LogP) is 1.79. The van der Waals surface area contributed by atoms with E-state index in [9.17, 15) is 9.59 Å². The molecule has 0 spiro atoms. The molecule has 1 aromatic carbocycles. The molecule has 5 nitrogen and oxygen atoms in total. The highest BCUT2D eigenvalue weighted by atomic mass is 16.5. The maximum Gasteiger partial charge on any atom is 0.337 e. The molecule has 0 saturated heterocycles. The van der Waals surface area contributed by atoms with E-state index in [1.807, 2.05) is 13.8 Å². The molecule has 2 atom stereocenters. The van der Waals surface area contributed by atoms with Crippen LogP contribution in [0, 0.1) is 5.92 Å². The molecule has 5 heteroatoms. The lowest BCUT2D eigenvalue weighted by Crippen LogP contribution is -2.40. The van der Waals surface area contributed by atoms with Gasteiger partial charge in [-0.05, 0) is 30.2 Å². The number of benzene rings is 1. The molecular formula is C14H20N2O3. The van der Waals surface area contributed by atoms with Crippen molar-refractivity contribution in [1.82, 2.24) is 0 Å². The van der Waals surface area contributed by atoms with Crippen LogP contribution >= 0.6 is 0 Å². The van der Waals surface area contributed by atoms with E-state index in [0.717, 1.165) is 6.42 Å². The molecule has 0 heterocycles. The zero-order valence-electron chi connectivity index (χ0n) is 11.5. The van der Waals surface area contributed by atoms with E-state index in [-0.39, 0.29) is 11.8 Å². The second kappa shape index (κ2) is 6.89. The van der Waals surface area contributed by atoms with E-state index < -0.39 is 12.0 Å². The fraction of sp³-hybridized carbons (Fsp3) is 0.429. The first kappa shape index (κ1) is 15.2. The van der Waals surface area contributed by atoms with Crippen LogP contribution in [-0.4, -0.2) is 25.0 Å². The Labute approximate surface area is 113 Å². The average Bonchev–Trinajstić information content (AvgIpc) is 2.45. The molecule has 0 radical (unpaired) electrons. The van der Waals surface area contributed by atoms with Crippen molar-refractivity contribution in [2.24, 2.45) is 11.7 Å². The summed E-state index contributed by atoms with van der Waals surface area (Å²) in [7, 11) is 1.32. The topological polar surface area (TPSA) is 81.4 Å². The van der Waals surface area contributed by atoms with Gasteiger partial charge in [-0.3, -0.25) is 4.79 Å². The van der Waals surface area contributed by atoms with Crippen molar-refractivity contribution in [3.05, 3.63) is 29.8 Å². The molecule has 1 amide bonds. The van der Waals surface area contributed by atoms with E-state index in [0.29, 0.717) is 11.3 Å². The molecule has 0 bridgehead atoms. The number of hydrogen-bond acceptors (Lipinski definition) is 4. The molecule has 0 aliphatic heterocycles. The third kappa shape index (κ3) is 4.06. The largest absolute Gasteiger partial charge is 0.465 e. The van der Waals surface area contributed by atoms with Crippen molar-refractivity contribution in [2.75, 3.05) is 12.4 Å². The second-order valence-corrected chi connectivity index (χ2v) is 4.47. The van der Waals surface area contributed by atoms with Crippen molar-refractivity contribution in [3.63, 3.8) is 0 Å². The van der Waals surface area contributed by atoms with E-state index in [2.05, 4.69) is 10.1 Å². The second-order valence-electron chi connectivity index (χ2n) is 4.47. The zero-order valence-corrected chi connectivity index (χ0v) is 11.5. The Hall–Kier alpha value is -1.88. The predicted molar refractivity (Wildman–Crippen MR) is 73.8 cm³/mol. The first-order chi connectivity index (χ1) is 8.99. The molecule has 104 valence electrons. The number of nitrogens with two attached hydrogens (primary N) is 1. The minimum absolute atomic E-state index is 0.120. The summed E-state index contributed by atoms with van der Waals surface area (Å²) in [5, 5.41) is 2.73. The fourth-order valence-corrected chi connectivity index (χ4v) is 1.55. The minimum atomic E-state index is -0.537. The van der Waals surface area contributed by atoms with Gasteiger partial charge in [0.1, 0.15) is 0 Å². The fourth-order valence-electron chi connectivity index (χ4n) is 1.55. The summed E-state index contributed by atoms with van der Waals surface area (Å²) in [6.45, 7) is 3.92. The molecule has 19 heavy (non-hydrogen) atoms. The molecule has 2 unspecified atom stereocenters. The normalized spacial score (nSPS) is 13.5. The number of amides is 1. The monoisotopic (exact) mass is 264 g/mol. The SMILES string of the molecule is CCC(C)C(N)C(=O)Nc1ccc(C(=O)OC)cc1. The number of esters is 1. The van der Waals surface area contributed by atoms with Crippen LogP contribution in [0.1, 0.15) is 30.6 Å². The van der Waals surface area contributed by atoms with Gasteiger partial charge in [0.15, 0.2) is 0 Å². The van der Waals surface area contributed by atoms with Gasteiger partial charge in [0.25, 0.3) is 0 Å². The van der Waals surface area contributed by atoms with Crippen LogP contribution in [0.25, 0.3) is 0 Å². The third-order valence-corrected chi connectivity index (χ3v) is 3.13. The smallest absolute Gasteiger partial charge is 0.337 e. The van der Waals surface area contributed by atoms with Gasteiger partial charge >= 0.3 is 5.97 Å². The first-order valence-corrected chi connectivity index (χ1v) is 6.24. The highest BCUT2D eigenvalue weighted by Gasteiger charge is 2.19. The number of hydrogen-bond donors (Lipinski definition) is 2. The number of methoxy groups -OCH3 is 1. The molecule has 0 saturated carbocycles. The first-order valence-electron chi connectivity index (χ1n) is 6.24. The molecular weight excluding hydrogens is 244 g/mol. The minimum Gasteiger partial charge on any atom is -0.465 e. The Morgan fingerprint density at radius 1 is 1.32 bits per heavy atom. The van der Waals surface area contributed by atoms with Crippen LogP contribution in [0.2, 0.25) is 0 Å². The van der Waals surface area contributed by atoms with Crippen molar-refractivity contribution in [3.8, 4) is 0 Å². The quantitative estimate of drug-likeness (QED) is 0.794. The average molecular weight is 264 g/mol. The lowest BCUT2D eigenvalue weighted by atomic mass is 9.99. The van der Waals surface area contributed by atoms with Crippen LogP contribution in [0.4, 0.5) is 5.69 Å². The van der Waals surface area contributed by atoms with E-state index in [1.54, 1.807) is 24.3 Å². The Morgan fingerprint density at radius 3 is 2.37 bits per heavy atom. The number of nitrogens with one attached hydrogen (secondary N) is 1. The van der Waals surface area contributed by atoms with Gasteiger partial charge < -0.3 is 15.8 Å². The highest BCUT2D eigenvalue weighted by molar-refractivity contribution is 5.95. The summed E-state index contributed by atoms with van der Waals surface area (Å²) < 4.78 is 4.60. The Bertz CT molecular complexity index is 443. The molecule has 0 aromatic heterocycles. The Kier molecular flexibility index (Phi) is 5.51. The van der Waals surface area contributed by atoms with E-state index in [4.69, 9.17) is 5.73 Å². The number of ether oxygens (including phenoxy) is 1. The van der Waals surface area contributed by atoms with Gasteiger partial charge in [0, 0.05) is 5.69 Å². The van der Waals surface area contributed by atoms with Crippen molar-refractivity contribution >= 4 is 17.6 Å². The summed E-state index contributed by atoms with van der Waals surface area (Å²) >= 11 is 0. The third-order valence-electron chi connectivity index (χ3n) is 3.13. The summed E-state index contributed by atoms with van der Waals surface area (Å²) in [6.07, 6.45) is 0.843. The van der Waals surface area contributed by atoms with Crippen LogP contribution in [0.5, 0.6) is 0 Å². The summed E-state index contributed by atoms with van der Waals surface area (Å²) in [5.41, 5.74) is 6.88. The summed E-state index contributed by atoms with van der Waals surface area (Å²) in [6, 6.07) is 5.94. The van der Waals surface area contributed by atoms with Gasteiger partial charge in [0.05, 0.1) is 18.7 Å². The van der Waals surface area contributed by atoms with Gasteiger partial charge in [-0.1, -0.05) is 20.3 Å². The number of anilines is 1. The van der Waals surface area contributed by atoms with Gasteiger partial charge in [-0.2, -0.15) is 0 Å². The van der Waals surface area contributed by atoms with Crippen LogP contribution < -0.4 is 11.1 Å². The van der Waals surface area contributed by atoms with Gasteiger partial charge in [0.2, 0.25) is 5.91 Å². The van der Waals surface area contributed by atoms with Crippen molar-refractivity contribution in [1.29, 1.82) is 0 Å². The maximum absolute atomic E-state index is 11.9. The maximum atomic E-state index is 11.9. The molecule has 3 N–H and O–H groups in total. The molecule has 0 aliphatic rings. The molecule has 0 fully saturated rings. The molecule has 1 rings (SSSR count). The van der Waals surface area contributed by atoms with Crippen LogP contribution in [0.3, 0.4) is 0 Å². The standard InChI is InChI=1S/C14H20N2O3/c1-4-9(2)12(15)13(17)16-11-7-5-10(6-8-11)14(18)19-3/h5-9,12H,4,15H2,1-3H3,(H,16,17). The van der Waals surface area contributed by atoms with Gasteiger partial charge in [-0.25, -0.2) is 4.79 Å². The van der Waals surface area contributed by atoms with Crippen molar-refractivity contribution < 1.29 is 14.3 Å². The van der Waals surface area contributed by atoms with E-state index in [1.165, 1.54) is 7.11 Å². The Balaban J connectivity index is 2.68. The number of rotatable bonds is 5. The lowest BCUT2D eigenvalue weighted by molar-refractivity contribution is -0.118. The number of carbonyl (C=O) groups excluding carboxylic acids is 2. The Morgan fingerprint density at radius 2 is 1.89 bits per heavy atom. The van der Waals surface area contributed by atoms with E-state index >= 15 is 0 Å². The van der Waals surface area contributed by atoms with Crippen LogP contribution in [0.15, 0.2) is 24.3 Å².